The fourth-order valence-corrected chi connectivity index (χ4v) is 5.05. The molecule has 0 saturated carbocycles. The Labute approximate surface area is 264 Å². The lowest BCUT2D eigenvalue weighted by molar-refractivity contribution is -0.133. The van der Waals surface area contributed by atoms with Crippen LogP contribution in [-0.2, 0) is 25.6 Å². The van der Waals surface area contributed by atoms with Crippen molar-refractivity contribution in [3.05, 3.63) is 83.2 Å². The van der Waals surface area contributed by atoms with E-state index in [-0.39, 0.29) is 31.8 Å². The van der Waals surface area contributed by atoms with E-state index in [4.69, 9.17) is 0 Å². The fraction of sp³-hybridized carbons (Fsp3) is 0.455. The van der Waals surface area contributed by atoms with Crippen LogP contribution in [0.3, 0.4) is 0 Å². The van der Waals surface area contributed by atoms with Gasteiger partial charge in [-0.15, -0.1) is 0 Å². The van der Waals surface area contributed by atoms with E-state index in [0.29, 0.717) is 19.3 Å². The van der Waals surface area contributed by atoms with Gasteiger partial charge in [0.25, 0.3) is 0 Å². The van der Waals surface area contributed by atoms with Crippen molar-refractivity contribution in [1.82, 2.24) is 31.9 Å². The summed E-state index contributed by atoms with van der Waals surface area (Å²) in [5, 5.41) is 36.0. The first-order chi connectivity index (χ1) is 21.7. The maximum absolute atomic E-state index is 13.6. The quantitative estimate of drug-likeness (QED) is 0.121. The Balaban J connectivity index is 1.75. The summed E-state index contributed by atoms with van der Waals surface area (Å²) in [5.41, 5.74) is 3.87. The molecule has 4 amide bonds. The van der Waals surface area contributed by atoms with Gasteiger partial charge in [-0.25, -0.2) is 0 Å². The average molecular weight is 623 g/mol. The van der Waals surface area contributed by atoms with Crippen molar-refractivity contribution in [2.75, 3.05) is 26.7 Å². The molecule has 0 spiro atoms. The first-order valence-corrected chi connectivity index (χ1v) is 15.4. The minimum atomic E-state index is -1.15. The van der Waals surface area contributed by atoms with E-state index in [1.165, 1.54) is 0 Å². The summed E-state index contributed by atoms with van der Waals surface area (Å²) in [6.07, 6.45) is 11.3. The van der Waals surface area contributed by atoms with E-state index in [9.17, 15) is 29.4 Å². The van der Waals surface area contributed by atoms with Crippen molar-refractivity contribution in [2.24, 2.45) is 0 Å². The van der Waals surface area contributed by atoms with Crippen LogP contribution in [0.15, 0.2) is 77.7 Å². The van der Waals surface area contributed by atoms with Crippen LogP contribution in [-0.4, -0.2) is 84.8 Å². The third kappa shape index (κ3) is 11.6. The molecule has 3 rings (SSSR count). The van der Waals surface area contributed by atoms with Crippen molar-refractivity contribution < 1.29 is 29.4 Å². The van der Waals surface area contributed by atoms with Crippen molar-refractivity contribution in [2.45, 2.75) is 69.7 Å². The molecule has 1 aromatic rings. The number of carbonyl (C=O) groups excluding carboxylic acids is 4. The summed E-state index contributed by atoms with van der Waals surface area (Å²) in [7, 11) is 1.63. The molecular weight excluding hydrogens is 576 g/mol. The Morgan fingerprint density at radius 2 is 1.64 bits per heavy atom. The maximum atomic E-state index is 13.6. The number of aliphatic hydroxyl groups excluding tert-OH is 2. The molecule has 8 N–H and O–H groups in total. The van der Waals surface area contributed by atoms with E-state index in [1.807, 2.05) is 67.8 Å². The lowest BCUT2D eigenvalue weighted by atomic mass is 9.94. The highest BCUT2D eigenvalue weighted by atomic mass is 16.3. The summed E-state index contributed by atoms with van der Waals surface area (Å²) in [4.78, 5) is 52.8. The molecule has 2 aliphatic rings. The number of rotatable bonds is 17. The van der Waals surface area contributed by atoms with Gasteiger partial charge in [-0.05, 0) is 43.0 Å². The standard InChI is InChI=1S/C33H46N6O6/c1-3-10-27(38-33(45)29(37-30(42)20-34-2)16-22-11-6-4-7-12-22)32(44)39-28(31(43)36-19-25(41)21-40)17-23-15-24-13-8-5-9-14-26(24)35-18-23/h4-9,11-13,18,25,27-29,34-35,40-41H,3,10,14-17,19-21H2,1-2H3,(H,36,43)(H,37,42)(H,38,45)(H,39,44)/t25?,27-,28-,29+/m0/s1. The lowest BCUT2D eigenvalue weighted by Gasteiger charge is -2.27. The molecule has 45 heavy (non-hydrogen) atoms. The predicted octanol–water partition coefficient (Wildman–Crippen LogP) is 0.210. The molecule has 12 nitrogen and oxygen atoms in total. The molecular formula is C33H46N6O6. The lowest BCUT2D eigenvalue weighted by Crippen LogP contribution is -2.57. The minimum absolute atomic E-state index is 0.0224. The smallest absolute Gasteiger partial charge is 0.243 e. The van der Waals surface area contributed by atoms with Crippen LogP contribution < -0.4 is 31.9 Å². The van der Waals surface area contributed by atoms with Crippen LogP contribution in [0.1, 0.15) is 44.6 Å². The van der Waals surface area contributed by atoms with Crippen LogP contribution in [0.4, 0.5) is 0 Å². The molecule has 1 unspecified atom stereocenters. The number of carbonyl (C=O) groups is 4. The van der Waals surface area contributed by atoms with Gasteiger partial charge in [-0.1, -0.05) is 68.0 Å². The summed E-state index contributed by atoms with van der Waals surface area (Å²) < 4.78 is 0. The minimum Gasteiger partial charge on any atom is -0.394 e. The number of aliphatic hydroxyl groups is 2. The first-order valence-electron chi connectivity index (χ1n) is 15.4. The Kier molecular flexibility index (Phi) is 14.5. The number of hydrogen-bond donors (Lipinski definition) is 8. The molecule has 0 aromatic heterocycles. The molecule has 1 aromatic carbocycles. The van der Waals surface area contributed by atoms with Crippen LogP contribution >= 0.6 is 0 Å². The number of likely N-dealkylation sites (N-methyl/N-ethyl adjacent to an activating group) is 1. The van der Waals surface area contributed by atoms with Gasteiger partial charge in [-0.2, -0.15) is 0 Å². The monoisotopic (exact) mass is 622 g/mol. The zero-order valence-corrected chi connectivity index (χ0v) is 26.0. The zero-order valence-electron chi connectivity index (χ0n) is 26.0. The van der Waals surface area contributed by atoms with Crippen LogP contribution in [0, 0.1) is 0 Å². The van der Waals surface area contributed by atoms with Crippen molar-refractivity contribution in [3.63, 3.8) is 0 Å². The van der Waals surface area contributed by atoms with Gasteiger partial charge in [0.1, 0.15) is 18.1 Å². The number of nitrogens with one attached hydrogen (secondary N) is 6. The highest BCUT2D eigenvalue weighted by Crippen LogP contribution is 2.26. The van der Waals surface area contributed by atoms with Crippen molar-refractivity contribution >= 4 is 23.6 Å². The molecule has 1 aliphatic heterocycles. The number of allylic oxidation sites excluding steroid dienone is 5. The average Bonchev–Trinajstić information content (AvgIpc) is 3.28. The first kappa shape index (κ1) is 35.2. The molecule has 1 heterocycles. The van der Waals surface area contributed by atoms with E-state index in [0.717, 1.165) is 28.8 Å². The number of benzene rings is 1. The second kappa shape index (κ2) is 18.5. The van der Waals surface area contributed by atoms with Crippen LogP contribution in [0.2, 0.25) is 0 Å². The molecule has 4 atom stereocenters. The molecule has 0 bridgehead atoms. The SMILES string of the molecule is CCC[C@H](NC(=O)[C@@H](Cc1ccccc1)NC(=O)CNC)C(=O)N[C@@H](CC1=CNC2=C(C=CC=CC2)C1)C(=O)NCC(O)CO. The third-order valence-corrected chi connectivity index (χ3v) is 7.43. The summed E-state index contributed by atoms with van der Waals surface area (Å²) in [6, 6.07) is 6.34. The Bertz CT molecular complexity index is 1290. The van der Waals surface area contributed by atoms with Crippen LogP contribution in [0.25, 0.3) is 0 Å². The fourth-order valence-electron chi connectivity index (χ4n) is 5.05. The number of hydrogen-bond acceptors (Lipinski definition) is 8. The van der Waals surface area contributed by atoms with E-state index in [1.54, 1.807) is 7.05 Å². The highest BCUT2D eigenvalue weighted by Gasteiger charge is 2.30. The zero-order chi connectivity index (χ0) is 32.6. The van der Waals surface area contributed by atoms with Gasteiger partial charge in [0.2, 0.25) is 23.6 Å². The van der Waals surface area contributed by atoms with E-state index in [2.05, 4.69) is 31.9 Å². The molecule has 0 fully saturated rings. The van der Waals surface area contributed by atoms with Crippen molar-refractivity contribution in [1.29, 1.82) is 0 Å². The number of amides is 4. The summed E-state index contributed by atoms with van der Waals surface area (Å²) in [5.74, 6) is -1.96. The maximum Gasteiger partial charge on any atom is 0.243 e. The topological polar surface area (TPSA) is 181 Å². The molecule has 0 saturated heterocycles. The largest absolute Gasteiger partial charge is 0.394 e. The Morgan fingerprint density at radius 3 is 2.36 bits per heavy atom. The highest BCUT2D eigenvalue weighted by molar-refractivity contribution is 5.94. The summed E-state index contributed by atoms with van der Waals surface area (Å²) >= 11 is 0. The summed E-state index contributed by atoms with van der Waals surface area (Å²) in [6.45, 7) is 1.19. The second-order valence-corrected chi connectivity index (χ2v) is 11.2. The second-order valence-electron chi connectivity index (χ2n) is 11.2. The van der Waals surface area contributed by atoms with Gasteiger partial charge < -0.3 is 42.1 Å². The van der Waals surface area contributed by atoms with E-state index < -0.39 is 48.6 Å². The molecule has 1 aliphatic carbocycles. The predicted molar refractivity (Wildman–Crippen MR) is 171 cm³/mol. The Hall–Kier alpha value is -4.26. The number of dihydropyridines is 1. The van der Waals surface area contributed by atoms with Crippen LogP contribution in [0.5, 0.6) is 0 Å². The van der Waals surface area contributed by atoms with E-state index >= 15 is 0 Å². The third-order valence-electron chi connectivity index (χ3n) is 7.43. The Morgan fingerprint density at radius 1 is 0.933 bits per heavy atom. The van der Waals surface area contributed by atoms with Gasteiger partial charge >= 0.3 is 0 Å². The van der Waals surface area contributed by atoms with Gasteiger partial charge in [-0.3, -0.25) is 19.2 Å². The molecule has 0 radical (unpaired) electrons. The van der Waals surface area contributed by atoms with Gasteiger partial charge in [0.05, 0.1) is 19.3 Å². The van der Waals surface area contributed by atoms with Crippen molar-refractivity contribution in [3.8, 4) is 0 Å². The van der Waals surface area contributed by atoms with Gasteiger partial charge in [0, 0.05) is 31.3 Å². The molecule has 12 heteroatoms. The molecule has 244 valence electrons. The normalized spacial score (nSPS) is 16.6. The van der Waals surface area contributed by atoms with Gasteiger partial charge in [0.15, 0.2) is 0 Å².